The Morgan fingerprint density at radius 3 is 2.38 bits per heavy atom. The van der Waals surface area contributed by atoms with Crippen LogP contribution in [0.4, 0.5) is 28.9 Å². The molecule has 0 atom stereocenters. The molecule has 1 amide bonds. The lowest BCUT2D eigenvalue weighted by molar-refractivity contribution is -0.137. The average molecular weight is 577 g/mol. The second-order valence-electron chi connectivity index (χ2n) is 9.46. The standard InChI is InChI=1S/C29H28F4N2O2S2/c30-24-16-20(15-22(28-38-13-6-14-39-28)26(24)37-18-19-7-2-1-3-8-19)27(36)34-21-9-10-25(35-11-4-5-12-35)23(17-21)29(31,32)33/h1-3,7-10,15-17,28H,4-6,11-14,18H2,(H,34,36). The number of carbonyl (C=O) groups is 1. The summed E-state index contributed by atoms with van der Waals surface area (Å²) in [5.41, 5.74) is 0.783. The smallest absolute Gasteiger partial charge is 0.418 e. The normalized spacial score (nSPS) is 16.4. The first-order valence-electron chi connectivity index (χ1n) is 12.8. The van der Waals surface area contributed by atoms with Gasteiger partial charge in [-0.1, -0.05) is 30.3 Å². The molecular formula is C29H28F4N2O2S2. The van der Waals surface area contributed by atoms with Crippen molar-refractivity contribution >= 4 is 40.8 Å². The van der Waals surface area contributed by atoms with Crippen molar-refractivity contribution in [2.45, 2.75) is 36.6 Å². The molecule has 0 aromatic heterocycles. The number of hydrogen-bond donors (Lipinski definition) is 1. The van der Waals surface area contributed by atoms with Crippen LogP contribution in [0.1, 0.15) is 50.9 Å². The van der Waals surface area contributed by atoms with E-state index in [1.54, 1.807) is 34.5 Å². The molecule has 0 saturated carbocycles. The van der Waals surface area contributed by atoms with Gasteiger partial charge in [-0.3, -0.25) is 4.79 Å². The molecule has 2 saturated heterocycles. The lowest BCUT2D eigenvalue weighted by Crippen LogP contribution is -2.22. The molecule has 2 aliphatic heterocycles. The maximum atomic E-state index is 15.4. The van der Waals surface area contributed by atoms with E-state index in [-0.39, 0.29) is 33.9 Å². The van der Waals surface area contributed by atoms with Crippen LogP contribution < -0.4 is 15.0 Å². The van der Waals surface area contributed by atoms with Crippen LogP contribution in [0.15, 0.2) is 60.7 Å². The van der Waals surface area contributed by atoms with E-state index in [1.165, 1.54) is 12.1 Å². The van der Waals surface area contributed by atoms with Crippen molar-refractivity contribution in [2.24, 2.45) is 0 Å². The fraction of sp³-hybridized carbons (Fsp3) is 0.345. The first-order valence-corrected chi connectivity index (χ1v) is 14.9. The number of thioether (sulfide) groups is 2. The number of amides is 1. The second-order valence-corrected chi connectivity index (χ2v) is 12.2. The Kier molecular flexibility index (Phi) is 8.61. The van der Waals surface area contributed by atoms with Crippen molar-refractivity contribution in [3.63, 3.8) is 0 Å². The number of halogens is 4. The number of anilines is 2. The highest BCUT2D eigenvalue weighted by molar-refractivity contribution is 8.16. The average Bonchev–Trinajstić information content (AvgIpc) is 3.47. The third kappa shape index (κ3) is 6.66. The predicted octanol–water partition coefficient (Wildman–Crippen LogP) is 8.14. The fourth-order valence-electron chi connectivity index (χ4n) is 4.75. The molecule has 2 heterocycles. The lowest BCUT2D eigenvalue weighted by atomic mass is 10.1. The monoisotopic (exact) mass is 576 g/mol. The van der Waals surface area contributed by atoms with Crippen molar-refractivity contribution in [3.05, 3.63) is 88.7 Å². The van der Waals surface area contributed by atoms with Crippen LogP contribution in [0.25, 0.3) is 0 Å². The van der Waals surface area contributed by atoms with Crippen LogP contribution in [0.3, 0.4) is 0 Å². The highest BCUT2D eigenvalue weighted by Crippen LogP contribution is 2.48. The number of benzene rings is 3. The highest BCUT2D eigenvalue weighted by Gasteiger charge is 2.36. The molecule has 2 fully saturated rings. The SMILES string of the molecule is O=C(Nc1ccc(N2CCCC2)c(C(F)(F)F)c1)c1cc(F)c(OCc2ccccc2)c(C2SCCCS2)c1. The van der Waals surface area contributed by atoms with Gasteiger partial charge in [-0.15, -0.1) is 23.5 Å². The molecular weight excluding hydrogens is 548 g/mol. The van der Waals surface area contributed by atoms with Gasteiger partial charge < -0.3 is 15.0 Å². The first-order chi connectivity index (χ1) is 18.8. The fourth-order valence-corrected chi connectivity index (χ4v) is 7.65. The van der Waals surface area contributed by atoms with Crippen molar-refractivity contribution < 1.29 is 27.1 Å². The molecule has 4 nitrogen and oxygen atoms in total. The van der Waals surface area contributed by atoms with E-state index in [0.717, 1.165) is 48.5 Å². The van der Waals surface area contributed by atoms with Crippen LogP contribution in [0, 0.1) is 5.82 Å². The second kappa shape index (κ2) is 12.1. The summed E-state index contributed by atoms with van der Waals surface area (Å²) in [6.45, 7) is 1.29. The summed E-state index contributed by atoms with van der Waals surface area (Å²) in [6, 6.07) is 15.9. The van der Waals surface area contributed by atoms with Crippen molar-refractivity contribution in [3.8, 4) is 5.75 Å². The Bertz CT molecular complexity index is 1310. The molecule has 5 rings (SSSR count). The van der Waals surface area contributed by atoms with E-state index >= 15 is 4.39 Å². The molecule has 0 bridgehead atoms. The number of ether oxygens (including phenoxy) is 1. The first kappa shape index (κ1) is 27.7. The van der Waals surface area contributed by atoms with Gasteiger partial charge in [0, 0.05) is 35.6 Å². The van der Waals surface area contributed by atoms with Gasteiger partial charge in [-0.25, -0.2) is 4.39 Å². The van der Waals surface area contributed by atoms with E-state index in [0.29, 0.717) is 18.7 Å². The van der Waals surface area contributed by atoms with E-state index in [2.05, 4.69) is 5.32 Å². The van der Waals surface area contributed by atoms with E-state index < -0.39 is 23.5 Å². The summed E-state index contributed by atoms with van der Waals surface area (Å²) in [4.78, 5) is 14.9. The molecule has 2 aliphatic rings. The number of rotatable bonds is 7. The molecule has 0 unspecified atom stereocenters. The number of alkyl halides is 3. The zero-order valence-electron chi connectivity index (χ0n) is 21.1. The Hall–Kier alpha value is -2.85. The van der Waals surface area contributed by atoms with Crippen molar-refractivity contribution in [1.82, 2.24) is 0 Å². The molecule has 39 heavy (non-hydrogen) atoms. The summed E-state index contributed by atoms with van der Waals surface area (Å²) in [7, 11) is 0. The maximum Gasteiger partial charge on any atom is 0.418 e. The van der Waals surface area contributed by atoms with Gasteiger partial charge in [0.05, 0.1) is 10.1 Å². The lowest BCUT2D eigenvalue weighted by Gasteiger charge is -2.25. The molecule has 1 N–H and O–H groups in total. The number of nitrogens with zero attached hydrogens (tertiary/aromatic N) is 1. The third-order valence-electron chi connectivity index (χ3n) is 6.65. The van der Waals surface area contributed by atoms with Crippen LogP contribution in [-0.4, -0.2) is 30.5 Å². The van der Waals surface area contributed by atoms with Crippen molar-refractivity contribution in [1.29, 1.82) is 0 Å². The van der Waals surface area contributed by atoms with Gasteiger partial charge in [0.15, 0.2) is 11.6 Å². The van der Waals surface area contributed by atoms with E-state index in [4.69, 9.17) is 4.74 Å². The van der Waals surface area contributed by atoms with Gasteiger partial charge in [-0.05, 0) is 66.7 Å². The zero-order chi connectivity index (χ0) is 27.4. The summed E-state index contributed by atoms with van der Waals surface area (Å²) >= 11 is 3.32. The van der Waals surface area contributed by atoms with E-state index in [1.807, 2.05) is 30.3 Å². The van der Waals surface area contributed by atoms with Crippen LogP contribution in [0.5, 0.6) is 5.75 Å². The molecule has 3 aromatic rings. The topological polar surface area (TPSA) is 41.6 Å². The number of nitrogens with one attached hydrogen (secondary N) is 1. The third-order valence-corrected chi connectivity index (χ3v) is 9.63. The molecule has 3 aromatic carbocycles. The summed E-state index contributed by atoms with van der Waals surface area (Å²) < 4.78 is 62.9. The molecule has 0 spiro atoms. The minimum atomic E-state index is -4.58. The Balaban J connectivity index is 1.42. The van der Waals surface area contributed by atoms with Crippen LogP contribution in [0.2, 0.25) is 0 Å². The van der Waals surface area contributed by atoms with Gasteiger partial charge in [0.1, 0.15) is 6.61 Å². The molecule has 0 aliphatic carbocycles. The van der Waals surface area contributed by atoms with E-state index in [9.17, 15) is 18.0 Å². The molecule has 206 valence electrons. The summed E-state index contributed by atoms with van der Waals surface area (Å²) in [6.07, 6.45) is -1.87. The maximum absolute atomic E-state index is 15.4. The Labute approximate surface area is 233 Å². The van der Waals surface area contributed by atoms with Crippen molar-refractivity contribution in [2.75, 3.05) is 34.8 Å². The summed E-state index contributed by atoms with van der Waals surface area (Å²) in [5, 5.41) is 2.54. The Morgan fingerprint density at radius 1 is 0.974 bits per heavy atom. The van der Waals surface area contributed by atoms with Gasteiger partial charge >= 0.3 is 6.18 Å². The number of carbonyl (C=O) groups excluding carboxylic acids is 1. The quantitative estimate of drug-likeness (QED) is 0.288. The van der Waals surface area contributed by atoms with Gasteiger partial charge in [0.2, 0.25) is 0 Å². The molecule has 0 radical (unpaired) electrons. The number of hydrogen-bond acceptors (Lipinski definition) is 5. The summed E-state index contributed by atoms with van der Waals surface area (Å²) in [5.74, 6) is 0.532. The van der Waals surface area contributed by atoms with Gasteiger partial charge in [-0.2, -0.15) is 13.2 Å². The predicted molar refractivity (Wildman–Crippen MR) is 150 cm³/mol. The minimum Gasteiger partial charge on any atom is -0.485 e. The Morgan fingerprint density at radius 2 is 1.69 bits per heavy atom. The van der Waals surface area contributed by atoms with Crippen LogP contribution in [-0.2, 0) is 12.8 Å². The van der Waals surface area contributed by atoms with Gasteiger partial charge in [0.25, 0.3) is 5.91 Å². The zero-order valence-corrected chi connectivity index (χ0v) is 22.7. The highest BCUT2D eigenvalue weighted by atomic mass is 32.2. The molecule has 10 heteroatoms. The largest absolute Gasteiger partial charge is 0.485 e. The minimum absolute atomic E-state index is 0.00282. The van der Waals surface area contributed by atoms with Crippen LogP contribution >= 0.6 is 23.5 Å².